The van der Waals surface area contributed by atoms with Crippen LogP contribution in [0.1, 0.15) is 18.4 Å². The number of halogens is 4. The summed E-state index contributed by atoms with van der Waals surface area (Å²) in [5.41, 5.74) is -0.876. The average molecular weight is 322 g/mol. The number of hydrogen-bond acceptors (Lipinski definition) is 3. The molecule has 0 aromatic carbocycles. The van der Waals surface area contributed by atoms with Crippen LogP contribution < -0.4 is 4.90 Å². The minimum atomic E-state index is -4.46. The molecule has 1 aliphatic heterocycles. The standard InChI is InChI=1S/C13H15ClF3N3O/c1-19(5-6-20-4-2-3-11(20)21)12-10(14)7-9(8-18-12)13(15,16)17/h7-8H,2-6H2,1H3. The molecule has 116 valence electrons. The number of rotatable bonds is 4. The Morgan fingerprint density at radius 2 is 2.19 bits per heavy atom. The predicted molar refractivity (Wildman–Crippen MR) is 73.3 cm³/mol. The Balaban J connectivity index is 2.02. The molecule has 2 rings (SSSR count). The van der Waals surface area contributed by atoms with Crippen molar-refractivity contribution in [3.63, 3.8) is 0 Å². The van der Waals surface area contributed by atoms with Crippen molar-refractivity contribution in [1.29, 1.82) is 0 Å². The van der Waals surface area contributed by atoms with Gasteiger partial charge in [-0.25, -0.2) is 4.98 Å². The molecule has 8 heteroatoms. The molecular formula is C13H15ClF3N3O. The summed E-state index contributed by atoms with van der Waals surface area (Å²) < 4.78 is 37.6. The molecular weight excluding hydrogens is 307 g/mol. The molecule has 1 aromatic rings. The number of anilines is 1. The average Bonchev–Trinajstić information content (AvgIpc) is 2.80. The highest BCUT2D eigenvalue weighted by Crippen LogP contribution is 2.33. The van der Waals surface area contributed by atoms with Gasteiger partial charge in [0.25, 0.3) is 0 Å². The van der Waals surface area contributed by atoms with Crippen molar-refractivity contribution >= 4 is 23.3 Å². The molecule has 4 nitrogen and oxygen atoms in total. The fourth-order valence-corrected chi connectivity index (χ4v) is 2.49. The van der Waals surface area contributed by atoms with Crippen LogP contribution in [0.3, 0.4) is 0 Å². The van der Waals surface area contributed by atoms with E-state index in [0.717, 1.165) is 25.2 Å². The first-order valence-corrected chi connectivity index (χ1v) is 6.88. The molecule has 0 saturated carbocycles. The third kappa shape index (κ3) is 3.78. The zero-order valence-corrected chi connectivity index (χ0v) is 12.2. The van der Waals surface area contributed by atoms with Crippen molar-refractivity contribution in [3.8, 4) is 0 Å². The summed E-state index contributed by atoms with van der Waals surface area (Å²) in [5, 5.41) is -0.0555. The fraction of sp³-hybridized carbons (Fsp3) is 0.538. The Hall–Kier alpha value is -1.50. The molecule has 1 saturated heterocycles. The summed E-state index contributed by atoms with van der Waals surface area (Å²) in [6.45, 7) is 1.69. The van der Waals surface area contributed by atoms with Gasteiger partial charge in [-0.2, -0.15) is 13.2 Å². The summed E-state index contributed by atoms with van der Waals surface area (Å²) in [7, 11) is 1.68. The molecule has 1 amide bonds. The number of aromatic nitrogens is 1. The minimum absolute atomic E-state index is 0.0555. The molecule has 0 N–H and O–H groups in total. The van der Waals surface area contributed by atoms with Gasteiger partial charge in [0.15, 0.2) is 0 Å². The topological polar surface area (TPSA) is 36.4 Å². The van der Waals surface area contributed by atoms with Gasteiger partial charge in [0.05, 0.1) is 10.6 Å². The number of nitrogens with zero attached hydrogens (tertiary/aromatic N) is 3. The van der Waals surface area contributed by atoms with Crippen LogP contribution in [0.5, 0.6) is 0 Å². The second kappa shape index (κ2) is 6.09. The number of amides is 1. The molecule has 0 aliphatic carbocycles. The second-order valence-corrected chi connectivity index (χ2v) is 5.34. The summed E-state index contributed by atoms with van der Waals surface area (Å²) in [6.07, 6.45) is -2.29. The summed E-state index contributed by atoms with van der Waals surface area (Å²) in [6, 6.07) is 0.862. The first kappa shape index (κ1) is 15.9. The van der Waals surface area contributed by atoms with E-state index in [0.29, 0.717) is 19.5 Å². The Bertz CT molecular complexity index is 536. The molecule has 1 aromatic heterocycles. The van der Waals surface area contributed by atoms with Crippen LogP contribution >= 0.6 is 11.6 Å². The molecule has 21 heavy (non-hydrogen) atoms. The monoisotopic (exact) mass is 321 g/mol. The van der Waals surface area contributed by atoms with Crippen LogP contribution in [0, 0.1) is 0 Å². The van der Waals surface area contributed by atoms with Crippen molar-refractivity contribution in [2.45, 2.75) is 19.0 Å². The van der Waals surface area contributed by atoms with Crippen LogP contribution in [-0.2, 0) is 11.0 Å². The Kier molecular flexibility index (Phi) is 4.61. The van der Waals surface area contributed by atoms with E-state index in [4.69, 9.17) is 11.6 Å². The van der Waals surface area contributed by atoms with Crippen LogP contribution in [0.25, 0.3) is 0 Å². The van der Waals surface area contributed by atoms with E-state index in [1.807, 2.05) is 0 Å². The smallest absolute Gasteiger partial charge is 0.357 e. The molecule has 2 heterocycles. The Morgan fingerprint density at radius 3 is 2.71 bits per heavy atom. The number of likely N-dealkylation sites (N-methyl/N-ethyl adjacent to an activating group) is 1. The number of pyridine rings is 1. The zero-order valence-electron chi connectivity index (χ0n) is 11.5. The van der Waals surface area contributed by atoms with Gasteiger partial charge in [0.2, 0.25) is 5.91 Å². The van der Waals surface area contributed by atoms with Gasteiger partial charge in [-0.3, -0.25) is 4.79 Å². The summed E-state index contributed by atoms with van der Waals surface area (Å²) >= 11 is 5.87. The Labute approximate surface area is 125 Å². The molecule has 0 radical (unpaired) electrons. The lowest BCUT2D eigenvalue weighted by atomic mass is 10.2. The van der Waals surface area contributed by atoms with E-state index < -0.39 is 11.7 Å². The highest BCUT2D eigenvalue weighted by Gasteiger charge is 2.32. The molecule has 0 unspecified atom stereocenters. The van der Waals surface area contributed by atoms with Crippen molar-refractivity contribution in [1.82, 2.24) is 9.88 Å². The SMILES string of the molecule is CN(CCN1CCCC1=O)c1ncc(C(F)(F)F)cc1Cl. The van der Waals surface area contributed by atoms with E-state index in [2.05, 4.69) is 4.98 Å². The third-order valence-corrected chi connectivity index (χ3v) is 3.67. The second-order valence-electron chi connectivity index (χ2n) is 4.93. The van der Waals surface area contributed by atoms with Crippen molar-refractivity contribution in [3.05, 3.63) is 22.8 Å². The van der Waals surface area contributed by atoms with Gasteiger partial charge in [0.1, 0.15) is 5.82 Å². The van der Waals surface area contributed by atoms with E-state index in [1.54, 1.807) is 16.8 Å². The van der Waals surface area contributed by atoms with E-state index in [1.165, 1.54) is 0 Å². The van der Waals surface area contributed by atoms with Crippen LogP contribution in [-0.4, -0.2) is 42.5 Å². The summed E-state index contributed by atoms with van der Waals surface area (Å²) in [4.78, 5) is 18.6. The van der Waals surface area contributed by atoms with Crippen LogP contribution in [0.15, 0.2) is 12.3 Å². The van der Waals surface area contributed by atoms with Gasteiger partial charge in [-0.05, 0) is 12.5 Å². The lowest BCUT2D eigenvalue weighted by Gasteiger charge is -2.23. The quantitative estimate of drug-likeness (QED) is 0.855. The summed E-state index contributed by atoms with van der Waals surface area (Å²) in [5.74, 6) is 0.381. The van der Waals surface area contributed by atoms with Gasteiger partial charge in [0, 0.05) is 39.3 Å². The maximum absolute atomic E-state index is 12.5. The van der Waals surface area contributed by atoms with Gasteiger partial charge < -0.3 is 9.80 Å². The molecule has 0 spiro atoms. The minimum Gasteiger partial charge on any atom is -0.357 e. The molecule has 0 atom stereocenters. The first-order valence-electron chi connectivity index (χ1n) is 6.50. The first-order chi connectivity index (χ1) is 9.79. The predicted octanol–water partition coefficient (Wildman–Crippen LogP) is 2.81. The number of hydrogen-bond donors (Lipinski definition) is 0. The fourth-order valence-electron chi connectivity index (χ4n) is 2.18. The van der Waals surface area contributed by atoms with Gasteiger partial charge in [-0.15, -0.1) is 0 Å². The molecule has 1 aliphatic rings. The number of carbonyl (C=O) groups is 1. The largest absolute Gasteiger partial charge is 0.417 e. The maximum atomic E-state index is 12.5. The van der Waals surface area contributed by atoms with Crippen LogP contribution in [0.4, 0.5) is 19.0 Å². The number of likely N-dealkylation sites (tertiary alicyclic amines) is 1. The third-order valence-electron chi connectivity index (χ3n) is 3.39. The highest BCUT2D eigenvalue weighted by molar-refractivity contribution is 6.33. The number of alkyl halides is 3. The van der Waals surface area contributed by atoms with Crippen molar-refractivity contribution < 1.29 is 18.0 Å². The Morgan fingerprint density at radius 1 is 1.48 bits per heavy atom. The van der Waals surface area contributed by atoms with E-state index in [9.17, 15) is 18.0 Å². The van der Waals surface area contributed by atoms with E-state index in [-0.39, 0.29) is 16.7 Å². The number of carbonyl (C=O) groups excluding carboxylic acids is 1. The lowest BCUT2D eigenvalue weighted by Crippen LogP contribution is -2.34. The van der Waals surface area contributed by atoms with Crippen LogP contribution in [0.2, 0.25) is 5.02 Å². The maximum Gasteiger partial charge on any atom is 0.417 e. The van der Waals surface area contributed by atoms with Crippen molar-refractivity contribution in [2.24, 2.45) is 0 Å². The molecule has 1 fully saturated rings. The van der Waals surface area contributed by atoms with Crippen molar-refractivity contribution in [2.75, 3.05) is 31.6 Å². The zero-order chi connectivity index (χ0) is 15.6. The van der Waals surface area contributed by atoms with Gasteiger partial charge >= 0.3 is 6.18 Å². The highest BCUT2D eigenvalue weighted by atomic mass is 35.5. The molecule has 0 bridgehead atoms. The lowest BCUT2D eigenvalue weighted by molar-refractivity contribution is -0.137. The van der Waals surface area contributed by atoms with Gasteiger partial charge in [-0.1, -0.05) is 11.6 Å². The normalized spacial score (nSPS) is 15.7. The van der Waals surface area contributed by atoms with E-state index >= 15 is 0 Å².